The predicted molar refractivity (Wildman–Crippen MR) is 73.2 cm³/mol. The lowest BCUT2D eigenvalue weighted by Gasteiger charge is -2.14. The Hall–Kier alpha value is -0.980. The fourth-order valence-electron chi connectivity index (χ4n) is 1.79. The number of nitrogens with two attached hydrogens (primary N) is 1. The summed E-state index contributed by atoms with van der Waals surface area (Å²) in [5.74, 6) is 0.160. The number of carbonyl (C=O) groups is 1. The lowest BCUT2D eigenvalue weighted by molar-refractivity contribution is -0.127. The van der Waals surface area contributed by atoms with Crippen molar-refractivity contribution in [3.05, 3.63) is 21.8 Å². The van der Waals surface area contributed by atoms with Crippen LogP contribution in [0.1, 0.15) is 6.42 Å². The van der Waals surface area contributed by atoms with E-state index in [9.17, 15) is 4.79 Å². The molecule has 86 valence electrons. The molecule has 0 saturated carbocycles. The van der Waals surface area contributed by atoms with E-state index in [0.717, 1.165) is 27.9 Å². The van der Waals surface area contributed by atoms with Crippen LogP contribution in [0.4, 0.5) is 11.4 Å². The summed E-state index contributed by atoms with van der Waals surface area (Å²) in [5.41, 5.74) is 7.39. The fraction of sp³-hybridized carbons (Fsp3) is 0.364. The van der Waals surface area contributed by atoms with E-state index in [4.69, 9.17) is 5.73 Å². The maximum Gasteiger partial charge on any atom is 0.244 e. The molecule has 16 heavy (non-hydrogen) atoms. The van der Waals surface area contributed by atoms with E-state index in [1.807, 2.05) is 25.2 Å². The molecule has 2 rings (SSSR count). The topological polar surface area (TPSA) is 58.4 Å². The highest BCUT2D eigenvalue weighted by molar-refractivity contribution is 14.1. The van der Waals surface area contributed by atoms with E-state index in [1.165, 1.54) is 0 Å². The van der Waals surface area contributed by atoms with Crippen LogP contribution in [-0.2, 0) is 4.79 Å². The van der Waals surface area contributed by atoms with Gasteiger partial charge in [-0.3, -0.25) is 4.79 Å². The van der Waals surface area contributed by atoms with Crippen LogP contribution < -0.4 is 11.1 Å². The second kappa shape index (κ2) is 4.48. The van der Waals surface area contributed by atoms with Crippen LogP contribution in [0.15, 0.2) is 18.2 Å². The summed E-state index contributed by atoms with van der Waals surface area (Å²) in [6.07, 6.45) is 0.857. The summed E-state index contributed by atoms with van der Waals surface area (Å²) in [4.78, 5) is 13.5. The van der Waals surface area contributed by atoms with Gasteiger partial charge in [0.15, 0.2) is 0 Å². The minimum Gasteiger partial charge on any atom is -0.399 e. The number of benzene rings is 1. The third kappa shape index (κ3) is 2.23. The molecule has 1 heterocycles. The van der Waals surface area contributed by atoms with Crippen molar-refractivity contribution in [1.82, 2.24) is 4.90 Å². The molecule has 1 saturated heterocycles. The highest BCUT2D eigenvalue weighted by Crippen LogP contribution is 2.23. The molecule has 3 N–H and O–H groups in total. The van der Waals surface area contributed by atoms with Crippen molar-refractivity contribution in [3.8, 4) is 0 Å². The van der Waals surface area contributed by atoms with Crippen molar-refractivity contribution in [2.75, 3.05) is 24.6 Å². The van der Waals surface area contributed by atoms with Crippen LogP contribution in [0, 0.1) is 3.57 Å². The molecule has 1 aliphatic rings. The number of nitrogens with one attached hydrogen (secondary N) is 1. The van der Waals surface area contributed by atoms with Gasteiger partial charge >= 0.3 is 0 Å². The quantitative estimate of drug-likeness (QED) is 0.638. The molecule has 1 unspecified atom stereocenters. The molecule has 1 aliphatic heterocycles. The van der Waals surface area contributed by atoms with E-state index in [1.54, 1.807) is 4.90 Å². The largest absolute Gasteiger partial charge is 0.399 e. The maximum atomic E-state index is 11.7. The van der Waals surface area contributed by atoms with Gasteiger partial charge in [-0.1, -0.05) is 0 Å². The molecule has 0 spiro atoms. The van der Waals surface area contributed by atoms with Crippen LogP contribution >= 0.6 is 22.6 Å². The van der Waals surface area contributed by atoms with Gasteiger partial charge in [0.2, 0.25) is 5.91 Å². The van der Waals surface area contributed by atoms with Crippen LogP contribution in [0.5, 0.6) is 0 Å². The van der Waals surface area contributed by atoms with Gasteiger partial charge < -0.3 is 16.0 Å². The van der Waals surface area contributed by atoms with Crippen LogP contribution in [0.25, 0.3) is 0 Å². The van der Waals surface area contributed by atoms with Crippen molar-refractivity contribution in [2.24, 2.45) is 0 Å². The number of hydrogen-bond acceptors (Lipinski definition) is 3. The Morgan fingerprint density at radius 1 is 1.56 bits per heavy atom. The summed E-state index contributed by atoms with van der Waals surface area (Å²) < 4.78 is 1.04. The summed E-state index contributed by atoms with van der Waals surface area (Å²) in [7, 11) is 1.83. The van der Waals surface area contributed by atoms with Crippen LogP contribution in [-0.4, -0.2) is 30.4 Å². The fourth-order valence-corrected chi connectivity index (χ4v) is 2.49. The summed E-state index contributed by atoms with van der Waals surface area (Å²) in [6.45, 7) is 0.821. The van der Waals surface area contributed by atoms with Gasteiger partial charge in [-0.25, -0.2) is 0 Å². The second-order valence-corrected chi connectivity index (χ2v) is 5.15. The van der Waals surface area contributed by atoms with Gasteiger partial charge in [0.05, 0.1) is 0 Å². The van der Waals surface area contributed by atoms with Gasteiger partial charge in [0.1, 0.15) is 6.04 Å². The number of nitrogens with zero attached hydrogens (tertiary/aromatic N) is 1. The minimum absolute atomic E-state index is 0.0952. The predicted octanol–water partition coefficient (Wildman–Crippen LogP) is 1.52. The van der Waals surface area contributed by atoms with Gasteiger partial charge in [-0.05, 0) is 47.2 Å². The molecule has 0 aromatic heterocycles. The highest BCUT2D eigenvalue weighted by atomic mass is 127. The zero-order chi connectivity index (χ0) is 11.7. The molecule has 0 bridgehead atoms. The normalized spacial score (nSPS) is 20.2. The number of amides is 1. The van der Waals surface area contributed by atoms with Crippen LogP contribution in [0.2, 0.25) is 0 Å². The lowest BCUT2D eigenvalue weighted by Crippen LogP contribution is -2.31. The first-order valence-corrected chi connectivity index (χ1v) is 6.22. The third-order valence-corrected chi connectivity index (χ3v) is 3.64. The number of rotatable bonds is 2. The maximum absolute atomic E-state index is 11.7. The van der Waals surface area contributed by atoms with Crippen molar-refractivity contribution >= 4 is 39.9 Å². The van der Waals surface area contributed by atoms with Crippen LogP contribution in [0.3, 0.4) is 0 Å². The Bertz CT molecular complexity index is 422. The molecular weight excluding hydrogens is 317 g/mol. The van der Waals surface area contributed by atoms with Crippen molar-refractivity contribution < 1.29 is 4.79 Å². The van der Waals surface area contributed by atoms with E-state index >= 15 is 0 Å². The van der Waals surface area contributed by atoms with E-state index < -0.39 is 0 Å². The number of likely N-dealkylation sites (N-methyl/N-ethyl adjacent to an activating group) is 1. The molecule has 1 fully saturated rings. The Balaban J connectivity index is 2.12. The molecule has 5 heteroatoms. The summed E-state index contributed by atoms with van der Waals surface area (Å²) in [6, 6.07) is 5.56. The summed E-state index contributed by atoms with van der Waals surface area (Å²) >= 11 is 2.22. The first-order valence-electron chi connectivity index (χ1n) is 5.14. The highest BCUT2D eigenvalue weighted by Gasteiger charge is 2.28. The Morgan fingerprint density at radius 2 is 2.31 bits per heavy atom. The molecule has 4 nitrogen and oxygen atoms in total. The van der Waals surface area contributed by atoms with Crippen molar-refractivity contribution in [3.63, 3.8) is 0 Å². The monoisotopic (exact) mass is 331 g/mol. The number of carbonyl (C=O) groups excluding carboxylic acids is 1. The number of halogens is 1. The first kappa shape index (κ1) is 11.5. The van der Waals surface area contributed by atoms with Gasteiger partial charge in [0.25, 0.3) is 0 Å². The Morgan fingerprint density at radius 3 is 2.88 bits per heavy atom. The molecule has 1 aromatic carbocycles. The van der Waals surface area contributed by atoms with E-state index in [0.29, 0.717) is 0 Å². The smallest absolute Gasteiger partial charge is 0.244 e. The zero-order valence-electron chi connectivity index (χ0n) is 9.03. The Kier molecular flexibility index (Phi) is 3.22. The van der Waals surface area contributed by atoms with Gasteiger partial charge in [0, 0.05) is 28.5 Å². The minimum atomic E-state index is -0.0952. The van der Waals surface area contributed by atoms with Crippen molar-refractivity contribution in [1.29, 1.82) is 0 Å². The first-order chi connectivity index (χ1) is 7.58. The lowest BCUT2D eigenvalue weighted by atomic mass is 10.2. The Labute approximate surface area is 108 Å². The number of anilines is 2. The molecule has 1 aromatic rings. The second-order valence-electron chi connectivity index (χ2n) is 3.98. The average Bonchev–Trinajstić information content (AvgIpc) is 2.54. The molecular formula is C11H14IN3O. The SMILES string of the molecule is CN1CCC(Nc2ccc(N)cc2I)C1=O. The zero-order valence-corrected chi connectivity index (χ0v) is 11.2. The van der Waals surface area contributed by atoms with Gasteiger partial charge in [-0.15, -0.1) is 0 Å². The van der Waals surface area contributed by atoms with E-state index in [-0.39, 0.29) is 11.9 Å². The van der Waals surface area contributed by atoms with Crippen molar-refractivity contribution in [2.45, 2.75) is 12.5 Å². The molecule has 0 aliphatic carbocycles. The number of hydrogen-bond donors (Lipinski definition) is 2. The standard InChI is InChI=1S/C11H14IN3O/c1-15-5-4-10(11(15)16)14-9-3-2-7(13)6-8(9)12/h2-3,6,10,14H,4-5,13H2,1H3. The van der Waals surface area contributed by atoms with E-state index in [2.05, 4.69) is 27.9 Å². The van der Waals surface area contributed by atoms with Gasteiger partial charge in [-0.2, -0.15) is 0 Å². The summed E-state index contributed by atoms with van der Waals surface area (Å²) in [5, 5.41) is 3.26. The average molecular weight is 331 g/mol. The number of nitrogen functional groups attached to an aromatic ring is 1. The number of likely N-dealkylation sites (tertiary alicyclic amines) is 1. The molecule has 0 radical (unpaired) electrons. The molecule has 1 amide bonds. The molecule has 1 atom stereocenters. The third-order valence-electron chi connectivity index (χ3n) is 2.75.